The van der Waals surface area contributed by atoms with E-state index in [9.17, 15) is 18.0 Å². The zero-order chi connectivity index (χ0) is 26.8. The summed E-state index contributed by atoms with van der Waals surface area (Å²) in [5.41, 5.74) is 3.02. The van der Waals surface area contributed by atoms with E-state index in [4.69, 9.17) is 14.2 Å². The molecule has 0 bridgehead atoms. The number of carbonyl (C=O) groups excluding carboxylic acids is 2. The molecule has 3 aromatic rings. The molecular formula is C25H25N3O8S. The van der Waals surface area contributed by atoms with E-state index in [1.165, 1.54) is 51.8 Å². The van der Waals surface area contributed by atoms with E-state index in [0.717, 1.165) is 4.31 Å². The number of ether oxygens (including phenoxy) is 4. The molecule has 1 amide bonds. The van der Waals surface area contributed by atoms with Crippen LogP contribution in [-0.2, 0) is 19.6 Å². The Morgan fingerprint density at radius 3 is 2.24 bits per heavy atom. The van der Waals surface area contributed by atoms with Crippen LogP contribution in [0.1, 0.15) is 5.56 Å². The Morgan fingerprint density at radius 2 is 1.57 bits per heavy atom. The summed E-state index contributed by atoms with van der Waals surface area (Å²) in [6.45, 7) is -0.565. The van der Waals surface area contributed by atoms with Crippen LogP contribution < -0.4 is 23.9 Å². The predicted molar refractivity (Wildman–Crippen MR) is 136 cm³/mol. The first-order chi connectivity index (χ1) is 17.8. The van der Waals surface area contributed by atoms with Crippen molar-refractivity contribution in [1.82, 2.24) is 5.43 Å². The fourth-order valence-corrected chi connectivity index (χ4v) is 4.63. The van der Waals surface area contributed by atoms with Gasteiger partial charge < -0.3 is 18.9 Å². The van der Waals surface area contributed by atoms with Crippen molar-refractivity contribution in [2.24, 2.45) is 5.10 Å². The average molecular weight is 528 g/mol. The number of nitrogens with one attached hydrogen (secondary N) is 1. The molecule has 0 fully saturated rings. The highest BCUT2D eigenvalue weighted by Crippen LogP contribution is 2.32. The van der Waals surface area contributed by atoms with Gasteiger partial charge in [0.15, 0.2) is 11.5 Å². The van der Waals surface area contributed by atoms with E-state index in [0.29, 0.717) is 5.56 Å². The molecule has 0 aliphatic carbocycles. The van der Waals surface area contributed by atoms with E-state index in [1.807, 2.05) is 0 Å². The largest absolute Gasteiger partial charge is 0.513 e. The van der Waals surface area contributed by atoms with Crippen LogP contribution in [0.5, 0.6) is 17.2 Å². The third kappa shape index (κ3) is 6.76. The molecule has 3 aromatic carbocycles. The molecule has 3 rings (SSSR count). The van der Waals surface area contributed by atoms with Gasteiger partial charge in [0.05, 0.1) is 38.1 Å². The van der Waals surface area contributed by atoms with Gasteiger partial charge in [0, 0.05) is 0 Å². The highest BCUT2D eigenvalue weighted by molar-refractivity contribution is 7.92. The van der Waals surface area contributed by atoms with Crippen molar-refractivity contribution in [1.29, 1.82) is 0 Å². The maximum atomic E-state index is 13.4. The van der Waals surface area contributed by atoms with Crippen molar-refractivity contribution in [2.45, 2.75) is 4.90 Å². The second-order valence-electron chi connectivity index (χ2n) is 7.26. The van der Waals surface area contributed by atoms with E-state index >= 15 is 0 Å². The topological polar surface area (TPSA) is 133 Å². The smallest absolute Gasteiger partial charge is 0.495 e. The standard InChI is InChI=1S/C25H25N3O8S/c1-33-21-12-8-7-11-20(21)28(37(31,32)19-9-5-4-6-10-19)17-24(29)27-26-16-18-13-14-22(23(15-18)34-2)36-25(30)35-3/h4-16H,17H2,1-3H3,(H,27,29)/b26-16-. The van der Waals surface area contributed by atoms with Gasteiger partial charge in [0.25, 0.3) is 15.9 Å². The van der Waals surface area contributed by atoms with Crippen LogP contribution in [0, 0.1) is 0 Å². The Hall–Kier alpha value is -4.58. The molecule has 194 valence electrons. The van der Waals surface area contributed by atoms with Gasteiger partial charge >= 0.3 is 6.16 Å². The molecule has 12 heteroatoms. The second kappa shape index (κ2) is 12.4. The highest BCUT2D eigenvalue weighted by Gasteiger charge is 2.29. The van der Waals surface area contributed by atoms with Crippen molar-refractivity contribution in [3.05, 3.63) is 78.4 Å². The van der Waals surface area contributed by atoms with E-state index < -0.39 is 28.6 Å². The summed E-state index contributed by atoms with van der Waals surface area (Å²) in [6, 6.07) is 18.8. The van der Waals surface area contributed by atoms with Gasteiger partial charge in [-0.3, -0.25) is 9.10 Å². The van der Waals surface area contributed by atoms with Crippen LogP contribution in [0.4, 0.5) is 10.5 Å². The van der Waals surface area contributed by atoms with Crippen molar-refractivity contribution in [3.8, 4) is 17.2 Å². The quantitative estimate of drug-likeness (QED) is 0.184. The number of carbonyl (C=O) groups is 2. The highest BCUT2D eigenvalue weighted by atomic mass is 32.2. The molecule has 1 N–H and O–H groups in total. The maximum Gasteiger partial charge on any atom is 0.513 e. The zero-order valence-electron chi connectivity index (χ0n) is 20.3. The number of rotatable bonds is 10. The minimum atomic E-state index is -4.11. The fraction of sp³-hybridized carbons (Fsp3) is 0.160. The van der Waals surface area contributed by atoms with Crippen molar-refractivity contribution >= 4 is 34.0 Å². The molecule has 37 heavy (non-hydrogen) atoms. The first-order valence-corrected chi connectivity index (χ1v) is 12.2. The monoisotopic (exact) mass is 527 g/mol. The lowest BCUT2D eigenvalue weighted by Crippen LogP contribution is -2.39. The van der Waals surface area contributed by atoms with Gasteiger partial charge in [-0.2, -0.15) is 5.10 Å². The van der Waals surface area contributed by atoms with Crippen LogP contribution in [0.3, 0.4) is 0 Å². The van der Waals surface area contributed by atoms with Gasteiger partial charge in [0.1, 0.15) is 12.3 Å². The van der Waals surface area contributed by atoms with E-state index in [1.54, 1.807) is 48.5 Å². The Bertz CT molecular complexity index is 1380. The summed E-state index contributed by atoms with van der Waals surface area (Å²) in [5, 5.41) is 3.90. The Balaban J connectivity index is 1.80. The Kier molecular flexibility index (Phi) is 9.05. The number of para-hydroxylation sites is 2. The lowest BCUT2D eigenvalue weighted by Gasteiger charge is -2.25. The minimum absolute atomic E-state index is 0.0126. The lowest BCUT2D eigenvalue weighted by atomic mass is 10.2. The number of hydrogen-bond acceptors (Lipinski definition) is 9. The number of anilines is 1. The first kappa shape index (κ1) is 27.0. The van der Waals surface area contributed by atoms with Crippen molar-refractivity contribution in [2.75, 3.05) is 32.2 Å². The number of hydrazone groups is 1. The van der Waals surface area contributed by atoms with E-state index in [2.05, 4.69) is 15.3 Å². The number of amides is 1. The molecule has 0 heterocycles. The second-order valence-corrected chi connectivity index (χ2v) is 9.12. The lowest BCUT2D eigenvalue weighted by molar-refractivity contribution is -0.119. The SMILES string of the molecule is COC(=O)Oc1ccc(/C=N\NC(=O)CN(c2ccccc2OC)S(=O)(=O)c2ccccc2)cc1OC. The summed E-state index contributed by atoms with van der Waals surface area (Å²) in [6.07, 6.45) is 0.415. The first-order valence-electron chi connectivity index (χ1n) is 10.8. The molecular weight excluding hydrogens is 502 g/mol. The van der Waals surface area contributed by atoms with Crippen LogP contribution in [0.25, 0.3) is 0 Å². The number of sulfonamides is 1. The van der Waals surface area contributed by atoms with Gasteiger partial charge in [0.2, 0.25) is 0 Å². The molecule has 0 aliphatic heterocycles. The van der Waals surface area contributed by atoms with Crippen molar-refractivity contribution in [3.63, 3.8) is 0 Å². The maximum absolute atomic E-state index is 13.4. The van der Waals surface area contributed by atoms with Gasteiger partial charge in [-0.25, -0.2) is 18.6 Å². The number of nitrogens with zero attached hydrogens (tertiary/aromatic N) is 2. The summed E-state index contributed by atoms with van der Waals surface area (Å²) in [7, 11) is -0.134. The normalized spacial score (nSPS) is 11.0. The van der Waals surface area contributed by atoms with Crippen LogP contribution in [0.2, 0.25) is 0 Å². The third-order valence-electron chi connectivity index (χ3n) is 4.92. The summed E-state index contributed by atoms with van der Waals surface area (Å²) in [4.78, 5) is 24.1. The average Bonchev–Trinajstić information content (AvgIpc) is 2.92. The summed E-state index contributed by atoms with van der Waals surface area (Å²) < 4.78 is 47.8. The molecule has 0 atom stereocenters. The Morgan fingerprint density at radius 1 is 0.892 bits per heavy atom. The molecule has 0 aromatic heterocycles. The molecule has 0 spiro atoms. The Labute approximate surface area is 214 Å². The molecule has 0 radical (unpaired) electrons. The molecule has 0 saturated carbocycles. The van der Waals surface area contributed by atoms with Crippen LogP contribution in [0.15, 0.2) is 82.8 Å². The molecule has 0 aliphatic rings. The molecule has 0 unspecified atom stereocenters. The predicted octanol–water partition coefficient (Wildman–Crippen LogP) is 3.19. The summed E-state index contributed by atoms with van der Waals surface area (Å²) >= 11 is 0. The number of methoxy groups -OCH3 is 3. The van der Waals surface area contributed by atoms with Gasteiger partial charge in [-0.05, 0) is 48.0 Å². The summed E-state index contributed by atoms with van der Waals surface area (Å²) in [5.74, 6) is -0.0509. The van der Waals surface area contributed by atoms with Crippen LogP contribution in [-0.4, -0.2) is 54.6 Å². The van der Waals surface area contributed by atoms with Gasteiger partial charge in [-0.1, -0.05) is 30.3 Å². The third-order valence-corrected chi connectivity index (χ3v) is 6.70. The zero-order valence-corrected chi connectivity index (χ0v) is 21.1. The van der Waals surface area contributed by atoms with Crippen molar-refractivity contribution < 1.29 is 37.0 Å². The van der Waals surface area contributed by atoms with E-state index in [-0.39, 0.29) is 27.8 Å². The van der Waals surface area contributed by atoms with Crippen LogP contribution >= 0.6 is 0 Å². The molecule has 11 nitrogen and oxygen atoms in total. The molecule has 0 saturated heterocycles. The minimum Gasteiger partial charge on any atom is -0.495 e. The number of hydrogen-bond donors (Lipinski definition) is 1. The van der Waals surface area contributed by atoms with Gasteiger partial charge in [-0.15, -0.1) is 0 Å². The fourth-order valence-electron chi connectivity index (χ4n) is 3.18. The number of benzene rings is 3.